The summed E-state index contributed by atoms with van der Waals surface area (Å²) in [5.74, 6) is 0.149. The molecule has 0 aromatic carbocycles. The summed E-state index contributed by atoms with van der Waals surface area (Å²) in [4.78, 5) is 13.9. The van der Waals surface area contributed by atoms with Crippen molar-refractivity contribution in [3.8, 4) is 0 Å². The van der Waals surface area contributed by atoms with Gasteiger partial charge in [-0.3, -0.25) is 4.79 Å². The quantitative estimate of drug-likeness (QED) is 0.801. The van der Waals surface area contributed by atoms with Gasteiger partial charge in [-0.25, -0.2) is 0 Å². The number of nitrogens with zero attached hydrogens (tertiary/aromatic N) is 1. The molecule has 17 heavy (non-hydrogen) atoms. The first-order chi connectivity index (χ1) is 8.27. The van der Waals surface area contributed by atoms with E-state index in [1.54, 1.807) is 0 Å². The van der Waals surface area contributed by atoms with Gasteiger partial charge >= 0.3 is 0 Å². The summed E-state index contributed by atoms with van der Waals surface area (Å²) in [6.07, 6.45) is 7.18. The zero-order valence-corrected chi connectivity index (χ0v) is 10.8. The third-order valence-corrected chi connectivity index (χ3v) is 3.99. The van der Waals surface area contributed by atoms with E-state index in [1.807, 2.05) is 11.9 Å². The van der Waals surface area contributed by atoms with Gasteiger partial charge in [-0.05, 0) is 38.8 Å². The third-order valence-electron chi connectivity index (χ3n) is 3.99. The molecule has 98 valence electrons. The highest BCUT2D eigenvalue weighted by molar-refractivity contribution is 5.77. The minimum Gasteiger partial charge on any atom is -0.368 e. The molecule has 1 amide bonds. The first-order valence-corrected chi connectivity index (χ1v) is 6.85. The van der Waals surface area contributed by atoms with Gasteiger partial charge in [0.1, 0.15) is 6.61 Å². The molecular formula is C13H24N2O2. The van der Waals surface area contributed by atoms with Crippen molar-refractivity contribution in [2.75, 3.05) is 26.7 Å². The second kappa shape index (κ2) is 6.36. The summed E-state index contributed by atoms with van der Waals surface area (Å²) in [6, 6.07) is 0.458. The maximum atomic E-state index is 12.0. The maximum absolute atomic E-state index is 12.0. The van der Waals surface area contributed by atoms with Crippen molar-refractivity contribution in [2.45, 2.75) is 50.7 Å². The molecule has 1 heterocycles. The molecule has 0 atom stereocenters. The van der Waals surface area contributed by atoms with Crippen LogP contribution < -0.4 is 5.32 Å². The van der Waals surface area contributed by atoms with Crippen LogP contribution in [0.5, 0.6) is 0 Å². The SMILES string of the molecule is CN(C(=O)COC1CCNCC1)C1CCCC1. The molecule has 0 unspecified atom stereocenters. The fourth-order valence-corrected chi connectivity index (χ4v) is 2.75. The Bertz CT molecular complexity index is 246. The van der Waals surface area contributed by atoms with Crippen LogP contribution in [0, 0.1) is 0 Å². The number of carbonyl (C=O) groups excluding carboxylic acids is 1. The molecular weight excluding hydrogens is 216 g/mol. The molecule has 2 aliphatic rings. The second-order valence-electron chi connectivity index (χ2n) is 5.20. The van der Waals surface area contributed by atoms with Crippen LogP contribution in [0.4, 0.5) is 0 Å². The Morgan fingerprint density at radius 2 is 1.88 bits per heavy atom. The van der Waals surface area contributed by atoms with Crippen LogP contribution in [-0.2, 0) is 9.53 Å². The highest BCUT2D eigenvalue weighted by atomic mass is 16.5. The molecule has 1 saturated carbocycles. The predicted octanol–water partition coefficient (Wildman–Crippen LogP) is 1.16. The molecule has 0 bridgehead atoms. The van der Waals surface area contributed by atoms with Crippen LogP contribution in [0.3, 0.4) is 0 Å². The van der Waals surface area contributed by atoms with E-state index in [0.717, 1.165) is 38.8 Å². The average molecular weight is 240 g/mol. The van der Waals surface area contributed by atoms with Gasteiger partial charge in [-0.15, -0.1) is 0 Å². The topological polar surface area (TPSA) is 41.6 Å². The number of nitrogens with one attached hydrogen (secondary N) is 1. The van der Waals surface area contributed by atoms with Crippen molar-refractivity contribution in [2.24, 2.45) is 0 Å². The lowest BCUT2D eigenvalue weighted by Gasteiger charge is -2.27. The van der Waals surface area contributed by atoms with Gasteiger partial charge in [0.15, 0.2) is 0 Å². The van der Waals surface area contributed by atoms with Gasteiger partial charge in [0.2, 0.25) is 5.91 Å². The first kappa shape index (κ1) is 12.8. The minimum absolute atomic E-state index is 0.149. The molecule has 0 radical (unpaired) electrons. The molecule has 1 aliphatic carbocycles. The van der Waals surface area contributed by atoms with Crippen molar-refractivity contribution in [1.29, 1.82) is 0 Å². The zero-order chi connectivity index (χ0) is 12.1. The van der Waals surface area contributed by atoms with Crippen molar-refractivity contribution in [3.63, 3.8) is 0 Å². The summed E-state index contributed by atoms with van der Waals surface area (Å²) in [6.45, 7) is 2.28. The minimum atomic E-state index is 0.149. The van der Waals surface area contributed by atoms with Crippen LogP contribution >= 0.6 is 0 Å². The largest absolute Gasteiger partial charge is 0.368 e. The van der Waals surface area contributed by atoms with Gasteiger partial charge in [-0.2, -0.15) is 0 Å². The Hall–Kier alpha value is -0.610. The Labute approximate surface area is 104 Å². The standard InChI is InChI=1S/C13H24N2O2/c1-15(11-4-2-3-5-11)13(16)10-17-12-6-8-14-9-7-12/h11-12,14H,2-10H2,1H3. The van der Waals surface area contributed by atoms with Crippen molar-refractivity contribution >= 4 is 5.91 Å². The Morgan fingerprint density at radius 3 is 2.53 bits per heavy atom. The summed E-state index contributed by atoms with van der Waals surface area (Å²) in [5, 5.41) is 3.29. The van der Waals surface area contributed by atoms with Crippen molar-refractivity contribution in [1.82, 2.24) is 10.2 Å². The van der Waals surface area contributed by atoms with Crippen LogP contribution in [-0.4, -0.2) is 49.7 Å². The number of hydrogen-bond acceptors (Lipinski definition) is 3. The summed E-state index contributed by atoms with van der Waals surface area (Å²) >= 11 is 0. The Morgan fingerprint density at radius 1 is 1.24 bits per heavy atom. The monoisotopic (exact) mass is 240 g/mol. The van der Waals surface area contributed by atoms with Gasteiger partial charge in [-0.1, -0.05) is 12.8 Å². The Kier molecular flexibility index (Phi) is 4.80. The molecule has 0 aromatic heterocycles. The second-order valence-corrected chi connectivity index (χ2v) is 5.20. The van der Waals surface area contributed by atoms with Gasteiger partial charge in [0, 0.05) is 13.1 Å². The molecule has 1 N–H and O–H groups in total. The lowest BCUT2D eigenvalue weighted by atomic mass is 10.1. The van der Waals surface area contributed by atoms with Crippen molar-refractivity contribution < 1.29 is 9.53 Å². The van der Waals surface area contributed by atoms with E-state index >= 15 is 0 Å². The van der Waals surface area contributed by atoms with E-state index in [0.29, 0.717) is 6.04 Å². The van der Waals surface area contributed by atoms with E-state index in [-0.39, 0.29) is 18.6 Å². The fraction of sp³-hybridized carbons (Fsp3) is 0.923. The van der Waals surface area contributed by atoms with E-state index in [9.17, 15) is 4.79 Å². The summed E-state index contributed by atoms with van der Waals surface area (Å²) in [5.41, 5.74) is 0. The smallest absolute Gasteiger partial charge is 0.248 e. The van der Waals surface area contributed by atoms with E-state index in [1.165, 1.54) is 12.8 Å². The van der Waals surface area contributed by atoms with Crippen LogP contribution in [0.15, 0.2) is 0 Å². The summed E-state index contributed by atoms with van der Waals surface area (Å²) < 4.78 is 5.69. The highest BCUT2D eigenvalue weighted by Gasteiger charge is 2.24. The van der Waals surface area contributed by atoms with Gasteiger partial charge < -0.3 is 15.0 Å². The van der Waals surface area contributed by atoms with E-state index in [4.69, 9.17) is 4.74 Å². The summed E-state index contributed by atoms with van der Waals surface area (Å²) in [7, 11) is 1.92. The molecule has 2 fully saturated rings. The highest BCUT2D eigenvalue weighted by Crippen LogP contribution is 2.22. The molecule has 2 rings (SSSR count). The Balaban J connectivity index is 1.68. The fourth-order valence-electron chi connectivity index (χ4n) is 2.75. The zero-order valence-electron chi connectivity index (χ0n) is 10.8. The van der Waals surface area contributed by atoms with Crippen LogP contribution in [0.1, 0.15) is 38.5 Å². The number of piperidine rings is 1. The molecule has 4 nitrogen and oxygen atoms in total. The lowest BCUT2D eigenvalue weighted by Crippen LogP contribution is -2.40. The first-order valence-electron chi connectivity index (χ1n) is 6.85. The average Bonchev–Trinajstić information content (AvgIpc) is 2.90. The molecule has 0 aromatic rings. The number of amides is 1. The molecule has 1 aliphatic heterocycles. The number of carbonyl (C=O) groups is 1. The molecule has 0 spiro atoms. The van der Waals surface area contributed by atoms with E-state index < -0.39 is 0 Å². The third kappa shape index (κ3) is 3.68. The molecule has 4 heteroatoms. The number of likely N-dealkylation sites (N-methyl/N-ethyl adjacent to an activating group) is 1. The van der Waals surface area contributed by atoms with Crippen LogP contribution in [0.25, 0.3) is 0 Å². The van der Waals surface area contributed by atoms with Crippen molar-refractivity contribution in [3.05, 3.63) is 0 Å². The van der Waals surface area contributed by atoms with Crippen LogP contribution in [0.2, 0.25) is 0 Å². The number of hydrogen-bond donors (Lipinski definition) is 1. The van der Waals surface area contributed by atoms with E-state index in [2.05, 4.69) is 5.32 Å². The normalized spacial score (nSPS) is 22.9. The van der Waals surface area contributed by atoms with Gasteiger partial charge in [0.25, 0.3) is 0 Å². The molecule has 1 saturated heterocycles. The van der Waals surface area contributed by atoms with Gasteiger partial charge in [0.05, 0.1) is 6.10 Å². The number of ether oxygens (including phenoxy) is 1. The lowest BCUT2D eigenvalue weighted by molar-refractivity contribution is -0.139. The number of rotatable bonds is 4. The predicted molar refractivity (Wildman–Crippen MR) is 66.9 cm³/mol. The maximum Gasteiger partial charge on any atom is 0.248 e.